The topological polar surface area (TPSA) is 116 Å². The molecule has 1 aromatic heterocycles. The molecular formula is C18H22N2O5S2. The first-order valence-corrected chi connectivity index (χ1v) is 10.7. The van der Waals surface area contributed by atoms with Gasteiger partial charge in [-0.3, -0.25) is 4.79 Å². The summed E-state index contributed by atoms with van der Waals surface area (Å²) in [4.78, 5) is 24.2. The van der Waals surface area contributed by atoms with Crippen LogP contribution < -0.4 is 10.5 Å². The van der Waals surface area contributed by atoms with Crippen molar-refractivity contribution in [1.82, 2.24) is 5.32 Å². The molecule has 27 heavy (non-hydrogen) atoms. The summed E-state index contributed by atoms with van der Waals surface area (Å²) in [6.07, 6.45) is 0.742. The van der Waals surface area contributed by atoms with Crippen LogP contribution in [-0.4, -0.2) is 26.9 Å². The second-order valence-electron chi connectivity index (χ2n) is 6.44. The van der Waals surface area contributed by atoms with E-state index in [9.17, 15) is 18.0 Å². The van der Waals surface area contributed by atoms with Crippen molar-refractivity contribution >= 4 is 33.2 Å². The molecule has 0 aliphatic heterocycles. The van der Waals surface area contributed by atoms with Gasteiger partial charge in [-0.05, 0) is 24.0 Å². The lowest BCUT2D eigenvalue weighted by molar-refractivity contribution is -0.125. The third kappa shape index (κ3) is 6.46. The largest absolute Gasteiger partial charge is 0.452 e. The van der Waals surface area contributed by atoms with Gasteiger partial charge >= 0.3 is 5.97 Å². The molecule has 0 radical (unpaired) electrons. The Morgan fingerprint density at radius 2 is 1.89 bits per heavy atom. The Bertz CT molecular complexity index is 891. The number of benzene rings is 1. The molecule has 146 valence electrons. The summed E-state index contributed by atoms with van der Waals surface area (Å²) in [7, 11) is -3.87. The van der Waals surface area contributed by atoms with Crippen LogP contribution in [0.1, 0.15) is 42.2 Å². The van der Waals surface area contributed by atoms with Crippen molar-refractivity contribution in [3.8, 4) is 0 Å². The van der Waals surface area contributed by atoms with Gasteiger partial charge in [0.25, 0.3) is 5.91 Å². The summed E-state index contributed by atoms with van der Waals surface area (Å²) in [5.41, 5.74) is 1.01. The molecule has 0 aliphatic carbocycles. The maximum absolute atomic E-state index is 12.2. The molecule has 0 aliphatic rings. The number of carbonyl (C=O) groups excluding carboxylic acids is 2. The number of nitrogens with one attached hydrogen (secondary N) is 1. The lowest BCUT2D eigenvalue weighted by Crippen LogP contribution is -2.33. The fourth-order valence-corrected chi connectivity index (χ4v) is 4.03. The van der Waals surface area contributed by atoms with Crippen molar-refractivity contribution in [2.45, 2.75) is 30.5 Å². The van der Waals surface area contributed by atoms with E-state index in [-0.39, 0.29) is 15.8 Å². The fourth-order valence-electron chi connectivity index (χ4n) is 2.46. The van der Waals surface area contributed by atoms with Crippen LogP contribution in [0, 0.1) is 5.92 Å². The lowest BCUT2D eigenvalue weighted by Gasteiger charge is -2.21. The number of esters is 1. The van der Waals surface area contributed by atoms with Crippen molar-refractivity contribution in [3.05, 3.63) is 52.9 Å². The standard InChI is InChI=1S/C18H22N2O5S2/c1-12(2)8-15(13-6-4-3-5-7-13)20-16(21)10-25-18(22)14-9-17(26-11-14)27(19,23)24/h3-7,9,11-12,15H,8,10H2,1-2H3,(H,20,21)(H2,19,23,24). The first-order chi connectivity index (χ1) is 12.7. The van der Waals surface area contributed by atoms with Gasteiger partial charge in [0.15, 0.2) is 6.61 Å². The number of primary sulfonamides is 1. The molecule has 1 atom stereocenters. The predicted octanol–water partition coefficient (Wildman–Crippen LogP) is 2.46. The number of rotatable bonds is 8. The lowest BCUT2D eigenvalue weighted by atomic mass is 9.97. The minimum atomic E-state index is -3.87. The van der Waals surface area contributed by atoms with Gasteiger partial charge in [0, 0.05) is 5.38 Å². The van der Waals surface area contributed by atoms with Gasteiger partial charge in [-0.15, -0.1) is 11.3 Å². The van der Waals surface area contributed by atoms with Crippen molar-refractivity contribution < 1.29 is 22.7 Å². The molecule has 0 saturated carbocycles. The third-order valence-electron chi connectivity index (χ3n) is 3.67. The first kappa shape index (κ1) is 21.1. The zero-order valence-electron chi connectivity index (χ0n) is 15.0. The highest BCUT2D eigenvalue weighted by molar-refractivity contribution is 7.91. The Balaban J connectivity index is 1.95. The van der Waals surface area contributed by atoms with Gasteiger partial charge < -0.3 is 10.1 Å². The normalized spacial score (nSPS) is 12.6. The van der Waals surface area contributed by atoms with E-state index in [2.05, 4.69) is 19.2 Å². The Morgan fingerprint density at radius 1 is 1.22 bits per heavy atom. The molecule has 0 spiro atoms. The number of nitrogens with two attached hydrogens (primary N) is 1. The zero-order chi connectivity index (χ0) is 20.0. The average molecular weight is 411 g/mol. The van der Waals surface area contributed by atoms with Crippen molar-refractivity contribution in [3.63, 3.8) is 0 Å². The van der Waals surface area contributed by atoms with E-state index in [1.807, 2.05) is 30.3 Å². The fraction of sp³-hybridized carbons (Fsp3) is 0.333. The third-order valence-corrected chi connectivity index (χ3v) is 6.06. The van der Waals surface area contributed by atoms with E-state index in [4.69, 9.17) is 9.88 Å². The number of carbonyl (C=O) groups is 2. The van der Waals surface area contributed by atoms with Crippen LogP contribution in [0.15, 0.2) is 46.0 Å². The van der Waals surface area contributed by atoms with Crippen LogP contribution >= 0.6 is 11.3 Å². The molecule has 0 bridgehead atoms. The van der Waals surface area contributed by atoms with Gasteiger partial charge in [0.1, 0.15) is 4.21 Å². The smallest absolute Gasteiger partial charge is 0.339 e. The molecule has 1 heterocycles. The van der Waals surface area contributed by atoms with Gasteiger partial charge in [0.2, 0.25) is 10.0 Å². The summed E-state index contributed by atoms with van der Waals surface area (Å²) >= 11 is 0.819. The van der Waals surface area contributed by atoms with Gasteiger partial charge in [-0.25, -0.2) is 18.4 Å². The van der Waals surface area contributed by atoms with Gasteiger partial charge in [0.05, 0.1) is 11.6 Å². The monoisotopic (exact) mass is 410 g/mol. The summed E-state index contributed by atoms with van der Waals surface area (Å²) in [5, 5.41) is 9.21. The van der Waals surface area contributed by atoms with Crippen LogP contribution in [0.25, 0.3) is 0 Å². The van der Waals surface area contributed by atoms with E-state index >= 15 is 0 Å². The van der Waals surface area contributed by atoms with E-state index in [0.29, 0.717) is 5.92 Å². The summed E-state index contributed by atoms with van der Waals surface area (Å²) < 4.78 is 27.3. The Morgan fingerprint density at radius 3 is 2.44 bits per heavy atom. The second kappa shape index (κ2) is 9.12. The number of ether oxygens (including phenoxy) is 1. The Labute approximate surface area is 162 Å². The van der Waals surface area contributed by atoms with E-state index in [0.717, 1.165) is 29.4 Å². The van der Waals surface area contributed by atoms with E-state index < -0.39 is 28.5 Å². The molecule has 9 heteroatoms. The number of hydrogen-bond donors (Lipinski definition) is 2. The highest BCUT2D eigenvalue weighted by Crippen LogP contribution is 2.21. The van der Waals surface area contributed by atoms with Gasteiger partial charge in [-0.1, -0.05) is 44.2 Å². The molecule has 1 aromatic carbocycles. The molecule has 0 fully saturated rings. The predicted molar refractivity (Wildman–Crippen MR) is 103 cm³/mol. The van der Waals surface area contributed by atoms with Crippen molar-refractivity contribution in [2.75, 3.05) is 6.61 Å². The minimum absolute atomic E-state index is 0.0404. The Kier molecular flexibility index (Phi) is 7.11. The maximum Gasteiger partial charge on any atom is 0.339 e. The number of hydrogen-bond acceptors (Lipinski definition) is 6. The van der Waals surface area contributed by atoms with Gasteiger partial charge in [-0.2, -0.15) is 0 Å². The van der Waals surface area contributed by atoms with Crippen molar-refractivity contribution in [2.24, 2.45) is 11.1 Å². The molecule has 1 unspecified atom stereocenters. The SMILES string of the molecule is CC(C)CC(NC(=O)COC(=O)c1csc(S(N)(=O)=O)c1)c1ccccc1. The minimum Gasteiger partial charge on any atom is -0.452 e. The molecule has 3 N–H and O–H groups in total. The number of thiophene rings is 1. The molecule has 7 nitrogen and oxygen atoms in total. The van der Waals surface area contributed by atoms with Crippen LogP contribution in [0.3, 0.4) is 0 Å². The van der Waals surface area contributed by atoms with E-state index in [1.165, 1.54) is 5.38 Å². The second-order valence-corrected chi connectivity index (χ2v) is 9.14. The van der Waals surface area contributed by atoms with Crippen LogP contribution in [0.2, 0.25) is 0 Å². The van der Waals surface area contributed by atoms with Crippen molar-refractivity contribution in [1.29, 1.82) is 0 Å². The summed E-state index contributed by atoms with van der Waals surface area (Å²) in [6.45, 7) is 3.66. The first-order valence-electron chi connectivity index (χ1n) is 8.29. The molecule has 0 saturated heterocycles. The quantitative estimate of drug-likeness (QED) is 0.649. The number of sulfonamides is 1. The van der Waals surface area contributed by atoms with Crippen LogP contribution in [-0.2, 0) is 19.6 Å². The summed E-state index contributed by atoms with van der Waals surface area (Å²) in [6, 6.07) is 10.5. The Hall–Kier alpha value is -2.23. The maximum atomic E-state index is 12.2. The molecule has 2 aromatic rings. The average Bonchev–Trinajstić information content (AvgIpc) is 3.10. The summed E-state index contributed by atoms with van der Waals surface area (Å²) in [5.74, 6) is -0.850. The van der Waals surface area contributed by atoms with Crippen LogP contribution in [0.5, 0.6) is 0 Å². The van der Waals surface area contributed by atoms with Crippen LogP contribution in [0.4, 0.5) is 0 Å². The zero-order valence-corrected chi connectivity index (χ0v) is 16.7. The molecule has 1 amide bonds. The molecule has 2 rings (SSSR count). The molecular weight excluding hydrogens is 388 g/mol. The highest BCUT2D eigenvalue weighted by Gasteiger charge is 2.19. The van der Waals surface area contributed by atoms with E-state index in [1.54, 1.807) is 0 Å². The highest BCUT2D eigenvalue weighted by atomic mass is 32.2. The number of amides is 1.